The summed E-state index contributed by atoms with van der Waals surface area (Å²) in [6.45, 7) is 0. The average molecular weight is 374 g/mol. The second kappa shape index (κ2) is 9.37. The maximum Gasteiger partial charge on any atom is 0.244 e. The first kappa shape index (κ1) is 19.2. The second-order valence-corrected chi connectivity index (χ2v) is 6.09. The molecule has 3 aromatic rings. The van der Waals surface area contributed by atoms with Gasteiger partial charge in [-0.15, -0.1) is 0 Å². The molecule has 0 fully saturated rings. The van der Waals surface area contributed by atoms with Gasteiger partial charge in [0.05, 0.1) is 26.0 Å². The minimum atomic E-state index is -0.334. The predicted molar refractivity (Wildman–Crippen MR) is 109 cm³/mol. The third-order valence-corrected chi connectivity index (χ3v) is 4.20. The summed E-state index contributed by atoms with van der Waals surface area (Å²) in [5.74, 6) is 1.10. The molecule has 1 aromatic heterocycles. The number of rotatable bonds is 7. The molecule has 0 bridgehead atoms. The van der Waals surface area contributed by atoms with Crippen LogP contribution in [0.5, 0.6) is 11.5 Å². The molecule has 0 aliphatic heterocycles. The zero-order valence-electron chi connectivity index (χ0n) is 15.8. The molecule has 0 aliphatic carbocycles. The van der Waals surface area contributed by atoms with E-state index >= 15 is 0 Å². The second-order valence-electron chi connectivity index (χ2n) is 6.09. The number of benzene rings is 2. The number of aromatic nitrogens is 1. The molecular weight excluding hydrogens is 352 g/mol. The topological polar surface area (TPSA) is 60.5 Å². The minimum Gasteiger partial charge on any atom is -0.497 e. The van der Waals surface area contributed by atoms with Crippen LogP contribution >= 0.6 is 0 Å². The first-order valence-corrected chi connectivity index (χ1v) is 8.87. The Morgan fingerprint density at radius 2 is 1.64 bits per heavy atom. The van der Waals surface area contributed by atoms with E-state index < -0.39 is 0 Å². The maximum atomic E-state index is 12.6. The summed E-state index contributed by atoms with van der Waals surface area (Å²) in [6.07, 6.45) is 4.93. The highest BCUT2D eigenvalue weighted by Crippen LogP contribution is 2.23. The molecule has 2 aromatic carbocycles. The van der Waals surface area contributed by atoms with Crippen LogP contribution in [0.25, 0.3) is 6.08 Å². The monoisotopic (exact) mass is 374 g/mol. The van der Waals surface area contributed by atoms with Gasteiger partial charge in [-0.2, -0.15) is 0 Å². The van der Waals surface area contributed by atoms with E-state index in [9.17, 15) is 4.79 Å². The normalized spacial score (nSPS) is 11.8. The molecule has 0 radical (unpaired) electrons. The molecule has 1 unspecified atom stereocenters. The van der Waals surface area contributed by atoms with Crippen LogP contribution in [-0.2, 0) is 4.79 Å². The standard InChI is InChI=1S/C23H22N2O3/c1-27-19-14-17(15-20(16-19)28-2)11-12-22(26)25-23(18-8-4-3-5-9-18)21-10-6-7-13-24-21/h3-16,23H,1-2H3,(H,25,26)/b12-11+. The van der Waals surface area contributed by atoms with Crippen molar-refractivity contribution in [2.75, 3.05) is 14.2 Å². The van der Waals surface area contributed by atoms with Crippen LogP contribution in [0.3, 0.4) is 0 Å². The first-order chi connectivity index (χ1) is 13.7. The van der Waals surface area contributed by atoms with Crippen LogP contribution in [0.4, 0.5) is 0 Å². The van der Waals surface area contributed by atoms with Gasteiger partial charge in [0.25, 0.3) is 0 Å². The highest BCUT2D eigenvalue weighted by molar-refractivity contribution is 5.92. The highest BCUT2D eigenvalue weighted by Gasteiger charge is 2.16. The summed E-state index contributed by atoms with van der Waals surface area (Å²) in [6, 6.07) is 20.5. The molecule has 0 spiro atoms. The van der Waals surface area contributed by atoms with E-state index in [1.807, 2.05) is 60.7 Å². The minimum absolute atomic E-state index is 0.221. The number of carbonyl (C=O) groups excluding carboxylic acids is 1. The summed E-state index contributed by atoms with van der Waals surface area (Å²) >= 11 is 0. The summed E-state index contributed by atoms with van der Waals surface area (Å²) in [7, 11) is 3.18. The van der Waals surface area contributed by atoms with Crippen molar-refractivity contribution in [3.63, 3.8) is 0 Å². The van der Waals surface area contributed by atoms with Gasteiger partial charge < -0.3 is 14.8 Å². The average Bonchev–Trinajstić information content (AvgIpc) is 2.77. The Morgan fingerprint density at radius 3 is 2.25 bits per heavy atom. The number of carbonyl (C=O) groups is 1. The fourth-order valence-corrected chi connectivity index (χ4v) is 2.81. The van der Waals surface area contributed by atoms with Crippen molar-refractivity contribution in [2.45, 2.75) is 6.04 Å². The summed E-state index contributed by atoms with van der Waals surface area (Å²) in [5, 5.41) is 3.03. The van der Waals surface area contributed by atoms with Gasteiger partial charge in [-0.05, 0) is 41.5 Å². The zero-order chi connectivity index (χ0) is 19.8. The Morgan fingerprint density at radius 1 is 0.964 bits per heavy atom. The molecule has 3 rings (SSSR count). The fourth-order valence-electron chi connectivity index (χ4n) is 2.81. The van der Waals surface area contributed by atoms with Crippen molar-refractivity contribution in [1.29, 1.82) is 0 Å². The van der Waals surface area contributed by atoms with E-state index in [1.54, 1.807) is 32.6 Å². The van der Waals surface area contributed by atoms with Gasteiger partial charge >= 0.3 is 0 Å². The van der Waals surface area contributed by atoms with E-state index in [2.05, 4.69) is 10.3 Å². The third kappa shape index (κ3) is 4.98. The fraction of sp³-hybridized carbons (Fsp3) is 0.130. The number of methoxy groups -OCH3 is 2. The lowest BCUT2D eigenvalue weighted by Gasteiger charge is -2.18. The Balaban J connectivity index is 1.80. The largest absolute Gasteiger partial charge is 0.497 e. The molecule has 5 heteroatoms. The lowest BCUT2D eigenvalue weighted by atomic mass is 10.0. The molecule has 1 N–H and O–H groups in total. The molecule has 1 heterocycles. The molecule has 142 valence electrons. The highest BCUT2D eigenvalue weighted by atomic mass is 16.5. The van der Waals surface area contributed by atoms with E-state index in [0.717, 1.165) is 16.8 Å². The number of amides is 1. The SMILES string of the molecule is COc1cc(/C=C/C(=O)NC(c2ccccc2)c2ccccn2)cc(OC)c1. The van der Waals surface area contributed by atoms with Crippen LogP contribution in [0.15, 0.2) is 79.0 Å². The number of pyridine rings is 1. The Labute approximate surface area is 164 Å². The lowest BCUT2D eigenvalue weighted by molar-refractivity contribution is -0.116. The van der Waals surface area contributed by atoms with Crippen molar-refractivity contribution >= 4 is 12.0 Å². The van der Waals surface area contributed by atoms with E-state index in [4.69, 9.17) is 9.47 Å². The molecular formula is C23H22N2O3. The number of nitrogens with zero attached hydrogens (tertiary/aromatic N) is 1. The van der Waals surface area contributed by atoms with E-state index in [1.165, 1.54) is 6.08 Å². The molecule has 1 amide bonds. The Kier molecular flexibility index (Phi) is 6.41. The molecule has 5 nitrogen and oxygen atoms in total. The molecule has 0 saturated heterocycles. The van der Waals surface area contributed by atoms with E-state index in [0.29, 0.717) is 11.5 Å². The molecule has 28 heavy (non-hydrogen) atoms. The number of ether oxygens (including phenoxy) is 2. The smallest absolute Gasteiger partial charge is 0.244 e. The first-order valence-electron chi connectivity index (χ1n) is 8.87. The molecule has 0 aliphatic rings. The van der Waals surface area contributed by atoms with Gasteiger partial charge in [-0.25, -0.2) is 0 Å². The van der Waals surface area contributed by atoms with Crippen molar-refractivity contribution in [1.82, 2.24) is 10.3 Å². The van der Waals surface area contributed by atoms with Crippen LogP contribution in [-0.4, -0.2) is 25.1 Å². The van der Waals surface area contributed by atoms with Crippen LogP contribution in [0.2, 0.25) is 0 Å². The van der Waals surface area contributed by atoms with Gasteiger partial charge in [0, 0.05) is 18.3 Å². The molecule has 1 atom stereocenters. The maximum absolute atomic E-state index is 12.6. The van der Waals surface area contributed by atoms with E-state index in [-0.39, 0.29) is 11.9 Å². The third-order valence-electron chi connectivity index (χ3n) is 4.20. The van der Waals surface area contributed by atoms with Crippen molar-refractivity contribution in [2.24, 2.45) is 0 Å². The van der Waals surface area contributed by atoms with Crippen LogP contribution in [0, 0.1) is 0 Å². The van der Waals surface area contributed by atoms with Crippen LogP contribution in [0.1, 0.15) is 22.9 Å². The predicted octanol–water partition coefficient (Wildman–Crippen LogP) is 4.02. The Hall–Kier alpha value is -3.60. The summed E-state index contributed by atoms with van der Waals surface area (Å²) in [4.78, 5) is 17.0. The number of hydrogen-bond donors (Lipinski definition) is 1. The van der Waals surface area contributed by atoms with Gasteiger partial charge in [-0.3, -0.25) is 9.78 Å². The van der Waals surface area contributed by atoms with Gasteiger partial charge in [0.1, 0.15) is 11.5 Å². The number of nitrogens with one attached hydrogen (secondary N) is 1. The van der Waals surface area contributed by atoms with Gasteiger partial charge in [0.15, 0.2) is 0 Å². The van der Waals surface area contributed by atoms with Gasteiger partial charge in [0.2, 0.25) is 5.91 Å². The van der Waals surface area contributed by atoms with Crippen molar-refractivity contribution in [3.8, 4) is 11.5 Å². The Bertz CT molecular complexity index is 879. The summed E-state index contributed by atoms with van der Waals surface area (Å²) in [5.41, 5.74) is 2.55. The quantitative estimate of drug-likeness (QED) is 0.635. The molecule has 0 saturated carbocycles. The lowest BCUT2D eigenvalue weighted by Crippen LogP contribution is -2.28. The number of hydrogen-bond acceptors (Lipinski definition) is 4. The summed E-state index contributed by atoms with van der Waals surface area (Å²) < 4.78 is 10.5. The van der Waals surface area contributed by atoms with Crippen molar-refractivity contribution < 1.29 is 14.3 Å². The van der Waals surface area contributed by atoms with Crippen LogP contribution < -0.4 is 14.8 Å². The van der Waals surface area contributed by atoms with Crippen molar-refractivity contribution in [3.05, 3.63) is 95.8 Å². The zero-order valence-corrected chi connectivity index (χ0v) is 15.8. The van der Waals surface area contributed by atoms with Gasteiger partial charge in [-0.1, -0.05) is 36.4 Å².